The van der Waals surface area contributed by atoms with Gasteiger partial charge in [-0.25, -0.2) is 4.57 Å². The van der Waals surface area contributed by atoms with Crippen molar-refractivity contribution in [2.75, 3.05) is 0 Å². The molecular formula is C21H22N+. The number of nitrogens with zero attached hydrogens (tertiary/aromatic N) is 1. The molecule has 0 saturated heterocycles. The van der Waals surface area contributed by atoms with Crippen molar-refractivity contribution in [1.29, 1.82) is 0 Å². The molecule has 0 saturated carbocycles. The molecule has 1 heterocycles. The lowest BCUT2D eigenvalue weighted by Crippen LogP contribution is -2.32. The van der Waals surface area contributed by atoms with Gasteiger partial charge in [-0.3, -0.25) is 0 Å². The van der Waals surface area contributed by atoms with Crippen LogP contribution in [0.2, 0.25) is 0 Å². The third kappa shape index (κ3) is 2.94. The third-order valence-corrected chi connectivity index (χ3v) is 4.43. The number of hydrogen-bond acceptors (Lipinski definition) is 0. The van der Waals surface area contributed by atoms with Gasteiger partial charge in [0.25, 0.3) is 0 Å². The fourth-order valence-corrected chi connectivity index (χ4v) is 2.75. The van der Waals surface area contributed by atoms with Crippen molar-refractivity contribution in [3.63, 3.8) is 0 Å². The Kier molecular flexibility index (Phi) is 4.06. The Morgan fingerprint density at radius 2 is 1.32 bits per heavy atom. The van der Waals surface area contributed by atoms with E-state index in [-0.39, 0.29) is 0 Å². The molecule has 3 aromatic rings. The molecule has 0 radical (unpaired) electrons. The number of aryl methyl sites for hydroxylation is 2. The van der Waals surface area contributed by atoms with E-state index in [4.69, 9.17) is 0 Å². The summed E-state index contributed by atoms with van der Waals surface area (Å²) in [5, 5.41) is 0. The molecule has 110 valence electrons. The minimum atomic E-state index is 0.400. The molecule has 0 aliphatic heterocycles. The van der Waals surface area contributed by atoms with Crippen molar-refractivity contribution in [3.05, 3.63) is 89.7 Å². The second kappa shape index (κ2) is 6.15. The normalized spacial score (nSPS) is 12.1. The molecule has 2 aromatic carbocycles. The van der Waals surface area contributed by atoms with Crippen molar-refractivity contribution in [2.45, 2.75) is 19.8 Å². The average molecular weight is 288 g/mol. The zero-order valence-corrected chi connectivity index (χ0v) is 13.5. The first kappa shape index (κ1) is 14.5. The Morgan fingerprint density at radius 3 is 1.95 bits per heavy atom. The quantitative estimate of drug-likeness (QED) is 0.618. The summed E-state index contributed by atoms with van der Waals surface area (Å²) in [7, 11) is 2.10. The van der Waals surface area contributed by atoms with Crippen LogP contribution < -0.4 is 4.57 Å². The Hall–Kier alpha value is -2.41. The first-order valence-corrected chi connectivity index (χ1v) is 7.77. The molecule has 1 nitrogen and oxygen atoms in total. The van der Waals surface area contributed by atoms with Crippen LogP contribution in [0.15, 0.2) is 72.9 Å². The monoisotopic (exact) mass is 288 g/mol. The maximum absolute atomic E-state index is 2.27. The molecule has 1 atom stereocenters. The van der Waals surface area contributed by atoms with Gasteiger partial charge in [0.15, 0.2) is 11.9 Å². The van der Waals surface area contributed by atoms with Crippen molar-refractivity contribution in [1.82, 2.24) is 0 Å². The predicted molar refractivity (Wildman–Crippen MR) is 91.8 cm³/mol. The highest BCUT2D eigenvalue weighted by Gasteiger charge is 2.12. The van der Waals surface area contributed by atoms with Crippen LogP contribution in [0.1, 0.15) is 29.7 Å². The number of hydrogen-bond donors (Lipinski definition) is 0. The SMILES string of the molecule is Cc1ccc(C(C)c2ccc(-c3ccccc3)cc2)c[n+]1C. The topological polar surface area (TPSA) is 3.88 Å². The highest BCUT2D eigenvalue weighted by Crippen LogP contribution is 2.26. The van der Waals surface area contributed by atoms with Crippen LogP contribution in [-0.4, -0.2) is 0 Å². The number of pyridine rings is 1. The molecular weight excluding hydrogens is 266 g/mol. The van der Waals surface area contributed by atoms with Gasteiger partial charge in [0, 0.05) is 24.5 Å². The van der Waals surface area contributed by atoms with Crippen LogP contribution in [0.3, 0.4) is 0 Å². The standard InChI is InChI=1S/C21H22N/c1-16-9-10-21(15-22(16)3)17(2)18-11-13-20(14-12-18)19-7-5-4-6-8-19/h4-15,17H,1-3H3/q+1. The molecule has 0 fully saturated rings. The van der Waals surface area contributed by atoms with Gasteiger partial charge < -0.3 is 0 Å². The van der Waals surface area contributed by atoms with Crippen LogP contribution in [0.4, 0.5) is 0 Å². The van der Waals surface area contributed by atoms with Crippen LogP contribution >= 0.6 is 0 Å². The lowest BCUT2D eigenvalue weighted by Gasteiger charge is -2.12. The van der Waals surface area contributed by atoms with Gasteiger partial charge in [0.1, 0.15) is 7.05 Å². The minimum absolute atomic E-state index is 0.400. The summed E-state index contributed by atoms with van der Waals surface area (Å²) in [4.78, 5) is 0. The first-order valence-electron chi connectivity index (χ1n) is 7.77. The molecule has 1 heteroatoms. The lowest BCUT2D eigenvalue weighted by molar-refractivity contribution is -0.678. The van der Waals surface area contributed by atoms with Crippen molar-refractivity contribution in [2.24, 2.45) is 7.05 Å². The zero-order valence-electron chi connectivity index (χ0n) is 13.5. The number of aromatic nitrogens is 1. The van der Waals surface area contributed by atoms with E-state index in [1.807, 2.05) is 0 Å². The van der Waals surface area contributed by atoms with E-state index in [1.165, 1.54) is 27.9 Å². The summed E-state index contributed by atoms with van der Waals surface area (Å²) >= 11 is 0. The largest absolute Gasteiger partial charge is 0.205 e. The van der Waals surface area contributed by atoms with Crippen LogP contribution in [0.25, 0.3) is 11.1 Å². The smallest absolute Gasteiger partial charge is 0.177 e. The fourth-order valence-electron chi connectivity index (χ4n) is 2.75. The van der Waals surface area contributed by atoms with Gasteiger partial charge in [-0.1, -0.05) is 61.5 Å². The maximum atomic E-state index is 2.27. The molecule has 0 spiro atoms. The summed E-state index contributed by atoms with van der Waals surface area (Å²) in [6, 6.07) is 23.9. The van der Waals surface area contributed by atoms with Gasteiger partial charge in [-0.2, -0.15) is 0 Å². The average Bonchev–Trinajstić information content (AvgIpc) is 2.58. The molecule has 0 aliphatic rings. The summed E-state index contributed by atoms with van der Waals surface area (Å²) in [5.41, 5.74) is 6.51. The fraction of sp³-hybridized carbons (Fsp3) is 0.190. The molecule has 22 heavy (non-hydrogen) atoms. The first-order chi connectivity index (χ1) is 10.6. The molecule has 0 N–H and O–H groups in total. The van der Waals surface area contributed by atoms with E-state index in [1.54, 1.807) is 0 Å². The van der Waals surface area contributed by atoms with Gasteiger partial charge >= 0.3 is 0 Å². The van der Waals surface area contributed by atoms with Crippen LogP contribution in [0.5, 0.6) is 0 Å². The zero-order chi connectivity index (χ0) is 15.5. The van der Waals surface area contributed by atoms with E-state index in [0.29, 0.717) is 5.92 Å². The highest BCUT2D eigenvalue weighted by atomic mass is 14.9. The third-order valence-electron chi connectivity index (χ3n) is 4.43. The summed E-state index contributed by atoms with van der Waals surface area (Å²) < 4.78 is 2.18. The van der Waals surface area contributed by atoms with Crippen LogP contribution in [0, 0.1) is 6.92 Å². The molecule has 3 rings (SSSR count). The van der Waals surface area contributed by atoms with Crippen molar-refractivity contribution >= 4 is 0 Å². The van der Waals surface area contributed by atoms with Crippen LogP contribution in [-0.2, 0) is 7.05 Å². The predicted octanol–water partition coefficient (Wildman–Crippen LogP) is 4.64. The van der Waals surface area contributed by atoms with E-state index in [0.717, 1.165) is 0 Å². The Labute approximate surface area is 132 Å². The molecule has 0 amide bonds. The molecule has 1 aromatic heterocycles. The van der Waals surface area contributed by atoms with Crippen molar-refractivity contribution in [3.8, 4) is 11.1 Å². The van der Waals surface area contributed by atoms with Gasteiger partial charge in [0.05, 0.1) is 0 Å². The van der Waals surface area contributed by atoms with Gasteiger partial charge in [0.2, 0.25) is 0 Å². The second-order valence-electron chi connectivity index (χ2n) is 5.92. The van der Waals surface area contributed by atoms with Gasteiger partial charge in [-0.15, -0.1) is 0 Å². The minimum Gasteiger partial charge on any atom is -0.205 e. The van der Waals surface area contributed by atoms with Crippen molar-refractivity contribution < 1.29 is 4.57 Å². The van der Waals surface area contributed by atoms with E-state index in [9.17, 15) is 0 Å². The summed E-state index contributed by atoms with van der Waals surface area (Å²) in [6.07, 6.45) is 2.23. The van der Waals surface area contributed by atoms with E-state index < -0.39 is 0 Å². The Balaban J connectivity index is 1.87. The number of benzene rings is 2. The second-order valence-corrected chi connectivity index (χ2v) is 5.92. The Bertz CT molecular complexity index is 758. The molecule has 0 aliphatic carbocycles. The molecule has 0 bridgehead atoms. The molecule has 1 unspecified atom stereocenters. The maximum Gasteiger partial charge on any atom is 0.177 e. The van der Waals surface area contributed by atoms with E-state index >= 15 is 0 Å². The summed E-state index contributed by atoms with van der Waals surface area (Å²) in [5.74, 6) is 0.400. The lowest BCUT2D eigenvalue weighted by atomic mass is 9.92. The number of rotatable bonds is 3. The Morgan fingerprint density at radius 1 is 0.727 bits per heavy atom. The van der Waals surface area contributed by atoms with E-state index in [2.05, 4.69) is 98.4 Å². The van der Waals surface area contributed by atoms with Gasteiger partial charge in [-0.05, 0) is 22.8 Å². The highest BCUT2D eigenvalue weighted by molar-refractivity contribution is 5.63. The summed E-state index contributed by atoms with van der Waals surface area (Å²) in [6.45, 7) is 4.39.